The predicted octanol–water partition coefficient (Wildman–Crippen LogP) is 3.33. The Morgan fingerprint density at radius 2 is 2.06 bits per heavy atom. The Balaban J connectivity index is 1.94. The molecule has 0 aliphatic heterocycles. The first-order chi connectivity index (χ1) is 8.65. The Morgan fingerprint density at radius 3 is 2.83 bits per heavy atom. The lowest BCUT2D eigenvalue weighted by molar-refractivity contribution is 0.190. The number of ether oxygens (including phenoxy) is 1. The third-order valence-electron chi connectivity index (χ3n) is 3.92. The van der Waals surface area contributed by atoms with E-state index in [1.807, 2.05) is 0 Å². The van der Waals surface area contributed by atoms with Crippen molar-refractivity contribution in [3.05, 3.63) is 35.4 Å². The zero-order valence-electron chi connectivity index (χ0n) is 11.8. The molecule has 0 heterocycles. The van der Waals surface area contributed by atoms with Crippen LogP contribution in [0, 0.1) is 5.41 Å². The number of unbranched alkanes of at least 4 members (excludes halogenated alkanes) is 1. The summed E-state index contributed by atoms with van der Waals surface area (Å²) in [6.07, 6.45) is 3.50. The molecule has 2 heteroatoms. The molecule has 0 aromatic heterocycles. The van der Waals surface area contributed by atoms with E-state index >= 15 is 0 Å². The van der Waals surface area contributed by atoms with Crippen LogP contribution in [0.3, 0.4) is 0 Å². The molecule has 0 saturated heterocycles. The van der Waals surface area contributed by atoms with Crippen LogP contribution in [-0.2, 0) is 11.2 Å². The van der Waals surface area contributed by atoms with Crippen molar-refractivity contribution in [2.45, 2.75) is 39.2 Å². The number of fused-ring (bicyclic) bond motifs is 1. The van der Waals surface area contributed by atoms with Crippen LogP contribution in [-0.4, -0.2) is 20.3 Å². The standard InChI is InChI=1S/C16H25NO/c1-16(2)12-13-8-4-5-9-14(13)15(16)17-10-6-7-11-18-3/h4-5,8-9,15,17H,6-7,10-12H2,1-3H3. The highest BCUT2D eigenvalue weighted by Gasteiger charge is 2.37. The minimum atomic E-state index is 0.324. The van der Waals surface area contributed by atoms with Crippen molar-refractivity contribution in [1.82, 2.24) is 5.32 Å². The third kappa shape index (κ3) is 2.93. The van der Waals surface area contributed by atoms with Crippen molar-refractivity contribution < 1.29 is 4.74 Å². The molecule has 0 saturated carbocycles. The lowest BCUT2D eigenvalue weighted by atomic mass is 9.85. The van der Waals surface area contributed by atoms with Gasteiger partial charge >= 0.3 is 0 Å². The highest BCUT2D eigenvalue weighted by molar-refractivity contribution is 5.37. The Hall–Kier alpha value is -0.860. The van der Waals surface area contributed by atoms with Gasteiger partial charge in [0.25, 0.3) is 0 Å². The number of methoxy groups -OCH3 is 1. The van der Waals surface area contributed by atoms with Gasteiger partial charge in [-0.2, -0.15) is 0 Å². The van der Waals surface area contributed by atoms with Crippen molar-refractivity contribution in [1.29, 1.82) is 0 Å². The van der Waals surface area contributed by atoms with E-state index in [-0.39, 0.29) is 0 Å². The highest BCUT2D eigenvalue weighted by atomic mass is 16.5. The molecule has 0 spiro atoms. The lowest BCUT2D eigenvalue weighted by Gasteiger charge is -2.28. The molecular formula is C16H25NO. The van der Waals surface area contributed by atoms with Gasteiger partial charge in [0.1, 0.15) is 0 Å². The van der Waals surface area contributed by atoms with E-state index in [4.69, 9.17) is 4.74 Å². The monoisotopic (exact) mass is 247 g/mol. The molecule has 0 fully saturated rings. The van der Waals surface area contributed by atoms with E-state index in [1.54, 1.807) is 7.11 Å². The van der Waals surface area contributed by atoms with Gasteiger partial charge in [0.2, 0.25) is 0 Å². The number of nitrogens with one attached hydrogen (secondary N) is 1. The Kier molecular flexibility index (Phi) is 4.41. The normalized spacial score (nSPS) is 20.9. The van der Waals surface area contributed by atoms with Gasteiger partial charge in [-0.3, -0.25) is 0 Å². The van der Waals surface area contributed by atoms with E-state index in [9.17, 15) is 0 Å². The van der Waals surface area contributed by atoms with Crippen LogP contribution < -0.4 is 5.32 Å². The zero-order valence-corrected chi connectivity index (χ0v) is 11.8. The van der Waals surface area contributed by atoms with Crippen LogP contribution in [0.25, 0.3) is 0 Å². The molecule has 1 N–H and O–H groups in total. The van der Waals surface area contributed by atoms with Gasteiger partial charge in [-0.05, 0) is 42.3 Å². The summed E-state index contributed by atoms with van der Waals surface area (Å²) in [5.74, 6) is 0. The SMILES string of the molecule is COCCCCNC1c2ccccc2CC1(C)C. The van der Waals surface area contributed by atoms with Gasteiger partial charge in [-0.25, -0.2) is 0 Å². The van der Waals surface area contributed by atoms with E-state index in [1.165, 1.54) is 24.0 Å². The fraction of sp³-hybridized carbons (Fsp3) is 0.625. The first kappa shape index (κ1) is 13.6. The van der Waals surface area contributed by atoms with Crippen LogP contribution in [0.15, 0.2) is 24.3 Å². The molecule has 1 aromatic rings. The van der Waals surface area contributed by atoms with Gasteiger partial charge in [0.05, 0.1) is 0 Å². The smallest absolute Gasteiger partial charge is 0.0462 e. The highest BCUT2D eigenvalue weighted by Crippen LogP contribution is 2.44. The van der Waals surface area contributed by atoms with Crippen molar-refractivity contribution >= 4 is 0 Å². The molecule has 1 atom stereocenters. The van der Waals surface area contributed by atoms with E-state index in [0.29, 0.717) is 11.5 Å². The first-order valence-electron chi connectivity index (χ1n) is 6.95. The summed E-state index contributed by atoms with van der Waals surface area (Å²) < 4.78 is 5.08. The second-order valence-electron chi connectivity index (χ2n) is 5.95. The summed E-state index contributed by atoms with van der Waals surface area (Å²) in [6.45, 7) is 6.66. The summed E-state index contributed by atoms with van der Waals surface area (Å²) >= 11 is 0. The van der Waals surface area contributed by atoms with E-state index in [0.717, 1.165) is 19.6 Å². The summed E-state index contributed by atoms with van der Waals surface area (Å²) in [4.78, 5) is 0. The molecule has 0 amide bonds. The van der Waals surface area contributed by atoms with Crippen LogP contribution in [0.2, 0.25) is 0 Å². The molecule has 0 radical (unpaired) electrons. The van der Waals surface area contributed by atoms with Crippen molar-refractivity contribution in [3.8, 4) is 0 Å². The summed E-state index contributed by atoms with van der Waals surface area (Å²) in [5, 5.41) is 3.73. The van der Waals surface area contributed by atoms with Gasteiger partial charge in [-0.1, -0.05) is 38.1 Å². The Labute approximate surface area is 111 Å². The van der Waals surface area contributed by atoms with Gasteiger partial charge in [0, 0.05) is 19.8 Å². The second kappa shape index (κ2) is 5.85. The average Bonchev–Trinajstić information content (AvgIpc) is 2.60. The molecule has 100 valence electrons. The first-order valence-corrected chi connectivity index (χ1v) is 6.95. The van der Waals surface area contributed by atoms with Crippen LogP contribution in [0.1, 0.15) is 43.9 Å². The number of hydrogen-bond donors (Lipinski definition) is 1. The molecule has 1 unspecified atom stereocenters. The van der Waals surface area contributed by atoms with Crippen LogP contribution >= 0.6 is 0 Å². The summed E-state index contributed by atoms with van der Waals surface area (Å²) in [7, 11) is 1.77. The fourth-order valence-corrected chi connectivity index (χ4v) is 2.99. The number of hydrogen-bond acceptors (Lipinski definition) is 2. The molecule has 0 bridgehead atoms. The van der Waals surface area contributed by atoms with E-state index < -0.39 is 0 Å². The molecule has 1 aromatic carbocycles. The maximum atomic E-state index is 5.08. The predicted molar refractivity (Wildman–Crippen MR) is 75.8 cm³/mol. The van der Waals surface area contributed by atoms with Crippen LogP contribution in [0.4, 0.5) is 0 Å². The van der Waals surface area contributed by atoms with Gasteiger partial charge in [-0.15, -0.1) is 0 Å². The number of rotatable bonds is 6. The number of benzene rings is 1. The molecule has 2 nitrogen and oxygen atoms in total. The van der Waals surface area contributed by atoms with Crippen molar-refractivity contribution in [2.24, 2.45) is 5.41 Å². The van der Waals surface area contributed by atoms with Crippen molar-refractivity contribution in [3.63, 3.8) is 0 Å². The minimum Gasteiger partial charge on any atom is -0.385 e. The average molecular weight is 247 g/mol. The Morgan fingerprint density at radius 1 is 1.28 bits per heavy atom. The minimum absolute atomic E-state index is 0.324. The quantitative estimate of drug-likeness (QED) is 0.779. The second-order valence-corrected chi connectivity index (χ2v) is 5.95. The largest absolute Gasteiger partial charge is 0.385 e. The maximum absolute atomic E-state index is 5.08. The van der Waals surface area contributed by atoms with Crippen molar-refractivity contribution in [2.75, 3.05) is 20.3 Å². The molecule has 1 aliphatic rings. The molecule has 1 aliphatic carbocycles. The molecule has 2 rings (SSSR count). The summed E-state index contributed by atoms with van der Waals surface area (Å²) in [5.41, 5.74) is 3.33. The maximum Gasteiger partial charge on any atom is 0.0462 e. The zero-order chi connectivity index (χ0) is 13.0. The van der Waals surface area contributed by atoms with Gasteiger partial charge in [0.15, 0.2) is 0 Å². The Bertz CT molecular complexity index is 386. The summed E-state index contributed by atoms with van der Waals surface area (Å²) in [6, 6.07) is 9.34. The van der Waals surface area contributed by atoms with Gasteiger partial charge < -0.3 is 10.1 Å². The lowest BCUT2D eigenvalue weighted by Crippen LogP contribution is -2.31. The van der Waals surface area contributed by atoms with Crippen LogP contribution in [0.5, 0.6) is 0 Å². The topological polar surface area (TPSA) is 21.3 Å². The molecule has 18 heavy (non-hydrogen) atoms. The molecular weight excluding hydrogens is 222 g/mol. The fourth-order valence-electron chi connectivity index (χ4n) is 2.99. The third-order valence-corrected chi connectivity index (χ3v) is 3.92. The van der Waals surface area contributed by atoms with E-state index in [2.05, 4.69) is 43.4 Å².